The maximum Gasteiger partial charge on any atom is 0.167 e. The van der Waals surface area contributed by atoms with Gasteiger partial charge >= 0.3 is 0 Å². The fraction of sp³-hybridized carbons (Fsp3) is 0.462. The number of rotatable bonds is 2. The molecule has 1 aromatic rings. The van der Waals surface area contributed by atoms with Gasteiger partial charge in [-0.25, -0.2) is 0 Å². The van der Waals surface area contributed by atoms with Crippen LogP contribution in [0.25, 0.3) is 0 Å². The van der Waals surface area contributed by atoms with E-state index in [1.165, 1.54) is 0 Å². The second-order valence-corrected chi connectivity index (χ2v) is 5.03. The van der Waals surface area contributed by atoms with Crippen molar-refractivity contribution in [2.24, 2.45) is 11.7 Å². The topological polar surface area (TPSA) is 43.1 Å². The summed E-state index contributed by atoms with van der Waals surface area (Å²) in [5, 5.41) is 0.0949. The summed E-state index contributed by atoms with van der Waals surface area (Å²) in [6, 6.07) is 9.30. The van der Waals surface area contributed by atoms with E-state index in [1.54, 1.807) is 0 Å². The zero-order valence-corrected chi connectivity index (χ0v) is 9.86. The van der Waals surface area contributed by atoms with Crippen LogP contribution in [0.4, 0.5) is 0 Å². The fourth-order valence-corrected chi connectivity index (χ4v) is 2.58. The number of benzene rings is 1. The smallest absolute Gasteiger partial charge is 0.167 e. The van der Waals surface area contributed by atoms with Crippen LogP contribution in [-0.2, 0) is 0 Å². The van der Waals surface area contributed by atoms with E-state index < -0.39 is 0 Å². The van der Waals surface area contributed by atoms with E-state index in [0.29, 0.717) is 6.42 Å². The molecule has 0 aliphatic heterocycles. The van der Waals surface area contributed by atoms with Crippen molar-refractivity contribution >= 4 is 17.4 Å². The molecular formula is C13H16ClNO. The van der Waals surface area contributed by atoms with E-state index in [2.05, 4.69) is 0 Å². The van der Waals surface area contributed by atoms with Gasteiger partial charge in [0, 0.05) is 22.9 Å². The SMILES string of the molecule is NC1CCC(Cl)CC1C(=O)c1ccccc1. The van der Waals surface area contributed by atoms with Crippen molar-refractivity contribution in [2.75, 3.05) is 0 Å². The molecule has 3 unspecified atom stereocenters. The van der Waals surface area contributed by atoms with Gasteiger partial charge in [0.25, 0.3) is 0 Å². The number of alkyl halides is 1. The van der Waals surface area contributed by atoms with Crippen molar-refractivity contribution in [1.29, 1.82) is 0 Å². The summed E-state index contributed by atoms with van der Waals surface area (Å²) in [4.78, 5) is 12.2. The molecule has 1 aliphatic rings. The molecule has 86 valence electrons. The predicted molar refractivity (Wildman–Crippen MR) is 65.7 cm³/mol. The predicted octanol–water partition coefficient (Wildman–Crippen LogP) is 2.60. The van der Waals surface area contributed by atoms with Gasteiger partial charge in [0.15, 0.2) is 5.78 Å². The maximum atomic E-state index is 12.2. The van der Waals surface area contributed by atoms with E-state index in [4.69, 9.17) is 17.3 Å². The molecule has 16 heavy (non-hydrogen) atoms. The number of nitrogens with two attached hydrogens (primary N) is 1. The molecule has 2 rings (SSSR count). The summed E-state index contributed by atoms with van der Waals surface area (Å²) in [5.74, 6) is 0.0251. The molecule has 2 N–H and O–H groups in total. The summed E-state index contributed by atoms with van der Waals surface area (Å²) in [6.07, 6.45) is 2.47. The third kappa shape index (κ3) is 2.45. The van der Waals surface area contributed by atoms with Crippen molar-refractivity contribution < 1.29 is 4.79 Å². The second kappa shape index (κ2) is 4.98. The molecule has 0 saturated heterocycles. The lowest BCUT2D eigenvalue weighted by atomic mass is 9.80. The number of carbonyl (C=O) groups excluding carboxylic acids is 1. The Balaban J connectivity index is 2.15. The van der Waals surface area contributed by atoms with Gasteiger partial charge in [0.1, 0.15) is 0 Å². The molecule has 0 radical (unpaired) electrons. The lowest BCUT2D eigenvalue weighted by Gasteiger charge is -2.30. The molecule has 3 atom stereocenters. The largest absolute Gasteiger partial charge is 0.327 e. The third-order valence-electron chi connectivity index (χ3n) is 3.23. The van der Waals surface area contributed by atoms with E-state index >= 15 is 0 Å². The molecule has 3 heteroatoms. The summed E-state index contributed by atoms with van der Waals surface area (Å²) < 4.78 is 0. The number of hydrogen-bond donors (Lipinski definition) is 1. The Bertz CT molecular complexity index is 365. The molecule has 1 aromatic carbocycles. The van der Waals surface area contributed by atoms with Gasteiger partial charge in [-0.1, -0.05) is 30.3 Å². The van der Waals surface area contributed by atoms with Crippen LogP contribution < -0.4 is 5.73 Å². The average molecular weight is 238 g/mol. The molecule has 1 aliphatic carbocycles. The zero-order valence-electron chi connectivity index (χ0n) is 9.10. The average Bonchev–Trinajstić information content (AvgIpc) is 2.32. The Hall–Kier alpha value is -0.860. The second-order valence-electron chi connectivity index (χ2n) is 4.41. The van der Waals surface area contributed by atoms with E-state index in [9.17, 15) is 4.79 Å². The minimum Gasteiger partial charge on any atom is -0.327 e. The molecule has 1 saturated carbocycles. The molecule has 0 bridgehead atoms. The van der Waals surface area contributed by atoms with Gasteiger partial charge in [0.2, 0.25) is 0 Å². The molecule has 0 amide bonds. The van der Waals surface area contributed by atoms with Crippen LogP contribution in [0.5, 0.6) is 0 Å². The lowest BCUT2D eigenvalue weighted by molar-refractivity contribution is 0.0872. The van der Waals surface area contributed by atoms with Crippen LogP contribution in [0, 0.1) is 5.92 Å². The minimum atomic E-state index is -0.112. The molecule has 2 nitrogen and oxygen atoms in total. The maximum absolute atomic E-state index is 12.2. The number of Topliss-reactive ketones (excluding diaryl/α,β-unsaturated/α-hetero) is 1. The highest BCUT2D eigenvalue weighted by molar-refractivity contribution is 6.20. The van der Waals surface area contributed by atoms with Gasteiger partial charge in [0.05, 0.1) is 0 Å². The van der Waals surface area contributed by atoms with Gasteiger partial charge in [-0.2, -0.15) is 0 Å². The molecule has 1 fully saturated rings. The van der Waals surface area contributed by atoms with Crippen LogP contribution in [-0.4, -0.2) is 17.2 Å². The summed E-state index contributed by atoms with van der Waals surface area (Å²) in [7, 11) is 0. The Morgan fingerprint density at radius 3 is 2.62 bits per heavy atom. The van der Waals surface area contributed by atoms with Crippen LogP contribution in [0.3, 0.4) is 0 Å². The number of ketones is 1. The summed E-state index contributed by atoms with van der Waals surface area (Å²) in [6.45, 7) is 0. The lowest BCUT2D eigenvalue weighted by Crippen LogP contribution is -2.41. The number of halogens is 1. The van der Waals surface area contributed by atoms with Gasteiger partial charge < -0.3 is 5.73 Å². The molecule has 0 heterocycles. The van der Waals surface area contributed by atoms with Crippen molar-refractivity contribution in [3.63, 3.8) is 0 Å². The standard InChI is InChI=1S/C13H16ClNO/c14-10-6-7-12(15)11(8-10)13(16)9-4-2-1-3-5-9/h1-5,10-12H,6-8,15H2. The van der Waals surface area contributed by atoms with Crippen LogP contribution in [0.1, 0.15) is 29.6 Å². The molecular weight excluding hydrogens is 222 g/mol. The van der Waals surface area contributed by atoms with E-state index in [0.717, 1.165) is 18.4 Å². The monoisotopic (exact) mass is 237 g/mol. The van der Waals surface area contributed by atoms with Crippen molar-refractivity contribution in [2.45, 2.75) is 30.7 Å². The first-order valence-electron chi connectivity index (χ1n) is 5.67. The van der Waals surface area contributed by atoms with Crippen molar-refractivity contribution in [3.8, 4) is 0 Å². The zero-order chi connectivity index (χ0) is 11.5. The fourth-order valence-electron chi connectivity index (χ4n) is 2.26. The Labute approximate surface area is 101 Å². The quantitative estimate of drug-likeness (QED) is 0.635. The van der Waals surface area contributed by atoms with E-state index in [1.807, 2.05) is 30.3 Å². The first kappa shape index (κ1) is 11.6. The summed E-state index contributed by atoms with van der Waals surface area (Å²) >= 11 is 6.10. The third-order valence-corrected chi connectivity index (χ3v) is 3.63. The normalized spacial score (nSPS) is 30.0. The Morgan fingerprint density at radius 2 is 1.94 bits per heavy atom. The highest BCUT2D eigenvalue weighted by Crippen LogP contribution is 2.29. The Morgan fingerprint density at radius 1 is 1.25 bits per heavy atom. The minimum absolute atomic E-state index is 0.0392. The summed E-state index contributed by atoms with van der Waals surface area (Å²) in [5.41, 5.74) is 6.74. The number of carbonyl (C=O) groups is 1. The molecule has 0 aromatic heterocycles. The van der Waals surface area contributed by atoms with Crippen LogP contribution >= 0.6 is 11.6 Å². The van der Waals surface area contributed by atoms with Gasteiger partial charge in [-0.3, -0.25) is 4.79 Å². The molecule has 0 spiro atoms. The highest BCUT2D eigenvalue weighted by atomic mass is 35.5. The van der Waals surface area contributed by atoms with Crippen molar-refractivity contribution in [3.05, 3.63) is 35.9 Å². The highest BCUT2D eigenvalue weighted by Gasteiger charge is 2.32. The van der Waals surface area contributed by atoms with Crippen LogP contribution in [0.2, 0.25) is 0 Å². The van der Waals surface area contributed by atoms with Gasteiger partial charge in [-0.05, 0) is 19.3 Å². The van der Waals surface area contributed by atoms with Gasteiger partial charge in [-0.15, -0.1) is 11.6 Å². The number of hydrogen-bond acceptors (Lipinski definition) is 2. The van der Waals surface area contributed by atoms with Crippen LogP contribution in [0.15, 0.2) is 30.3 Å². The first-order valence-corrected chi connectivity index (χ1v) is 6.11. The first-order chi connectivity index (χ1) is 7.68. The van der Waals surface area contributed by atoms with Crippen molar-refractivity contribution in [1.82, 2.24) is 0 Å². The Kier molecular flexibility index (Phi) is 3.62. The van der Waals surface area contributed by atoms with E-state index in [-0.39, 0.29) is 23.1 Å².